The lowest BCUT2D eigenvalue weighted by atomic mass is 10.2. The monoisotopic (exact) mass is 239 g/mol. The van der Waals surface area contributed by atoms with Gasteiger partial charge in [0.05, 0.1) is 18.0 Å². The summed E-state index contributed by atoms with van der Waals surface area (Å²) in [4.78, 5) is 8.46. The van der Waals surface area contributed by atoms with E-state index in [1.165, 1.54) is 0 Å². The van der Waals surface area contributed by atoms with Gasteiger partial charge in [0.2, 0.25) is 5.88 Å². The summed E-state index contributed by atoms with van der Waals surface area (Å²) in [5.41, 5.74) is 3.03. The molecule has 0 saturated carbocycles. The van der Waals surface area contributed by atoms with Crippen molar-refractivity contribution in [1.29, 1.82) is 0 Å². The zero-order valence-electron chi connectivity index (χ0n) is 10.1. The molecule has 0 amide bonds. The van der Waals surface area contributed by atoms with E-state index in [1.54, 1.807) is 12.5 Å². The molecule has 0 atom stereocenters. The fraction of sp³-hybridized carbons (Fsp3) is 0.143. The van der Waals surface area contributed by atoms with Gasteiger partial charge in [-0.25, -0.2) is 9.97 Å². The third kappa shape index (κ3) is 2.05. The van der Waals surface area contributed by atoms with Crippen molar-refractivity contribution < 1.29 is 4.74 Å². The number of pyridine rings is 1. The summed E-state index contributed by atoms with van der Waals surface area (Å²) in [6, 6.07) is 12.0. The summed E-state index contributed by atoms with van der Waals surface area (Å²) in [6.07, 6.45) is 3.50. The van der Waals surface area contributed by atoms with Crippen molar-refractivity contribution in [3.63, 3.8) is 0 Å². The maximum atomic E-state index is 5.67. The molecule has 0 bridgehead atoms. The lowest BCUT2D eigenvalue weighted by Gasteiger charge is -2.05. The lowest BCUT2D eigenvalue weighted by Crippen LogP contribution is -1.97. The molecule has 0 saturated heterocycles. The normalized spacial score (nSPS) is 10.7. The number of aromatic nitrogens is 3. The van der Waals surface area contributed by atoms with Crippen LogP contribution in [-0.4, -0.2) is 14.5 Å². The quantitative estimate of drug-likeness (QED) is 0.705. The number of hydrogen-bond acceptors (Lipinski definition) is 3. The summed E-state index contributed by atoms with van der Waals surface area (Å²) < 4.78 is 7.62. The van der Waals surface area contributed by atoms with E-state index in [0.717, 1.165) is 16.6 Å². The van der Waals surface area contributed by atoms with Gasteiger partial charge in [-0.1, -0.05) is 30.3 Å². The second-order valence-electron chi connectivity index (χ2n) is 4.14. The number of aryl methyl sites for hydroxylation is 1. The Bertz CT molecular complexity index is 661. The Morgan fingerprint density at radius 2 is 2.00 bits per heavy atom. The first-order valence-corrected chi connectivity index (χ1v) is 5.77. The maximum absolute atomic E-state index is 5.67. The standard InChI is InChI=1S/C14H13N3O/c1-17-10-16-12-8-15-14(7-13(12)17)18-9-11-5-3-2-4-6-11/h2-8,10H,9H2,1H3. The van der Waals surface area contributed by atoms with Crippen molar-refractivity contribution in [1.82, 2.24) is 14.5 Å². The molecule has 2 aromatic heterocycles. The molecule has 0 fully saturated rings. The Labute approximate surface area is 105 Å². The van der Waals surface area contributed by atoms with Crippen molar-refractivity contribution in [2.75, 3.05) is 0 Å². The molecule has 0 spiro atoms. The molecule has 0 N–H and O–H groups in total. The molecular formula is C14H13N3O. The summed E-state index contributed by atoms with van der Waals surface area (Å²) >= 11 is 0. The number of nitrogens with zero attached hydrogens (tertiary/aromatic N) is 3. The molecule has 18 heavy (non-hydrogen) atoms. The van der Waals surface area contributed by atoms with Gasteiger partial charge in [0.1, 0.15) is 12.1 Å². The molecule has 0 aliphatic heterocycles. The van der Waals surface area contributed by atoms with Gasteiger partial charge in [-0.3, -0.25) is 0 Å². The maximum Gasteiger partial charge on any atom is 0.215 e. The van der Waals surface area contributed by atoms with E-state index in [9.17, 15) is 0 Å². The highest BCUT2D eigenvalue weighted by Crippen LogP contribution is 2.17. The Kier molecular flexibility index (Phi) is 2.68. The molecular weight excluding hydrogens is 226 g/mol. The average Bonchev–Trinajstić information content (AvgIpc) is 2.79. The van der Waals surface area contributed by atoms with Gasteiger partial charge in [-0.05, 0) is 5.56 Å². The molecule has 4 nitrogen and oxygen atoms in total. The summed E-state index contributed by atoms with van der Waals surface area (Å²) in [5.74, 6) is 0.620. The van der Waals surface area contributed by atoms with Crippen LogP contribution in [0.15, 0.2) is 48.9 Å². The van der Waals surface area contributed by atoms with Crippen LogP contribution >= 0.6 is 0 Å². The van der Waals surface area contributed by atoms with Gasteiger partial charge in [-0.15, -0.1) is 0 Å². The summed E-state index contributed by atoms with van der Waals surface area (Å²) in [6.45, 7) is 0.525. The first-order chi connectivity index (χ1) is 8.83. The number of rotatable bonds is 3. The molecule has 2 heterocycles. The highest BCUT2D eigenvalue weighted by atomic mass is 16.5. The van der Waals surface area contributed by atoms with Crippen molar-refractivity contribution in [3.8, 4) is 5.88 Å². The Morgan fingerprint density at radius 3 is 2.83 bits per heavy atom. The lowest BCUT2D eigenvalue weighted by molar-refractivity contribution is 0.294. The highest BCUT2D eigenvalue weighted by Gasteiger charge is 2.03. The number of ether oxygens (including phenoxy) is 1. The average molecular weight is 239 g/mol. The van der Waals surface area contributed by atoms with E-state index in [4.69, 9.17) is 4.74 Å². The van der Waals surface area contributed by atoms with Gasteiger partial charge in [0.15, 0.2) is 0 Å². The van der Waals surface area contributed by atoms with E-state index in [1.807, 2.05) is 48.0 Å². The second-order valence-corrected chi connectivity index (χ2v) is 4.14. The first-order valence-electron chi connectivity index (χ1n) is 5.77. The van der Waals surface area contributed by atoms with Crippen molar-refractivity contribution in [2.45, 2.75) is 6.61 Å². The van der Waals surface area contributed by atoms with Gasteiger partial charge >= 0.3 is 0 Å². The highest BCUT2D eigenvalue weighted by molar-refractivity contribution is 5.75. The van der Waals surface area contributed by atoms with Gasteiger partial charge < -0.3 is 9.30 Å². The zero-order chi connectivity index (χ0) is 12.4. The van der Waals surface area contributed by atoms with Crippen LogP contribution in [-0.2, 0) is 13.7 Å². The molecule has 90 valence electrons. The Balaban J connectivity index is 1.80. The number of benzene rings is 1. The number of hydrogen-bond donors (Lipinski definition) is 0. The molecule has 0 aliphatic carbocycles. The fourth-order valence-corrected chi connectivity index (χ4v) is 1.82. The molecule has 1 aromatic carbocycles. The van der Waals surface area contributed by atoms with Crippen LogP contribution in [0.1, 0.15) is 5.56 Å². The topological polar surface area (TPSA) is 39.9 Å². The number of imidazole rings is 1. The predicted octanol–water partition coefficient (Wildman–Crippen LogP) is 2.55. The van der Waals surface area contributed by atoms with Crippen LogP contribution < -0.4 is 4.74 Å². The molecule has 0 radical (unpaired) electrons. The van der Waals surface area contributed by atoms with Crippen LogP contribution in [0, 0.1) is 0 Å². The van der Waals surface area contributed by atoms with Gasteiger partial charge in [0, 0.05) is 13.1 Å². The van der Waals surface area contributed by atoms with E-state index in [2.05, 4.69) is 9.97 Å². The van der Waals surface area contributed by atoms with Crippen LogP contribution in [0.3, 0.4) is 0 Å². The fourth-order valence-electron chi connectivity index (χ4n) is 1.82. The van der Waals surface area contributed by atoms with E-state index in [0.29, 0.717) is 12.5 Å². The minimum Gasteiger partial charge on any atom is -0.473 e. The van der Waals surface area contributed by atoms with E-state index < -0.39 is 0 Å². The third-order valence-corrected chi connectivity index (χ3v) is 2.82. The van der Waals surface area contributed by atoms with Crippen molar-refractivity contribution in [3.05, 3.63) is 54.5 Å². The molecule has 3 aromatic rings. The van der Waals surface area contributed by atoms with Crippen LogP contribution in [0.5, 0.6) is 5.88 Å². The Hall–Kier alpha value is -2.36. The number of fused-ring (bicyclic) bond motifs is 1. The molecule has 0 aliphatic rings. The van der Waals surface area contributed by atoms with Crippen molar-refractivity contribution in [2.24, 2.45) is 7.05 Å². The third-order valence-electron chi connectivity index (χ3n) is 2.82. The van der Waals surface area contributed by atoms with Crippen LogP contribution in [0.4, 0.5) is 0 Å². The smallest absolute Gasteiger partial charge is 0.215 e. The van der Waals surface area contributed by atoms with Gasteiger partial charge in [0.25, 0.3) is 0 Å². The second kappa shape index (κ2) is 4.49. The van der Waals surface area contributed by atoms with Crippen molar-refractivity contribution >= 4 is 11.0 Å². The van der Waals surface area contributed by atoms with Crippen LogP contribution in [0.2, 0.25) is 0 Å². The minimum absolute atomic E-state index is 0.525. The molecule has 4 heteroatoms. The zero-order valence-corrected chi connectivity index (χ0v) is 10.1. The molecule has 0 unspecified atom stereocenters. The first kappa shape index (κ1) is 10.8. The SMILES string of the molecule is Cn1cnc2cnc(OCc3ccccc3)cc21. The Morgan fingerprint density at radius 1 is 1.17 bits per heavy atom. The van der Waals surface area contributed by atoms with E-state index >= 15 is 0 Å². The largest absolute Gasteiger partial charge is 0.473 e. The van der Waals surface area contributed by atoms with E-state index in [-0.39, 0.29) is 0 Å². The van der Waals surface area contributed by atoms with Crippen LogP contribution in [0.25, 0.3) is 11.0 Å². The summed E-state index contributed by atoms with van der Waals surface area (Å²) in [5, 5.41) is 0. The molecule has 3 rings (SSSR count). The predicted molar refractivity (Wildman–Crippen MR) is 69.3 cm³/mol. The summed E-state index contributed by atoms with van der Waals surface area (Å²) in [7, 11) is 1.95. The minimum atomic E-state index is 0.525. The van der Waals surface area contributed by atoms with Gasteiger partial charge in [-0.2, -0.15) is 0 Å².